The van der Waals surface area contributed by atoms with E-state index in [-0.39, 0.29) is 18.5 Å². The van der Waals surface area contributed by atoms with Gasteiger partial charge in [0.2, 0.25) is 10.0 Å². The van der Waals surface area contributed by atoms with Crippen LogP contribution in [0.4, 0.5) is 5.69 Å². The number of fused-ring (bicyclic) bond motifs is 2. The van der Waals surface area contributed by atoms with Crippen LogP contribution in [0, 0.1) is 6.92 Å². The number of hydrogen-bond donors (Lipinski definition) is 1. The lowest BCUT2D eigenvalue weighted by Crippen LogP contribution is -2.51. The normalized spacial score (nSPS) is 21.3. The number of sulfonamides is 1. The number of anilines is 1. The molecule has 148 valence electrons. The smallest absolute Gasteiger partial charge is 0.263 e. The molecule has 0 bridgehead atoms. The van der Waals surface area contributed by atoms with E-state index in [1.54, 1.807) is 12.1 Å². The minimum Gasteiger partial charge on any atom is -0.476 e. The summed E-state index contributed by atoms with van der Waals surface area (Å²) in [6.45, 7) is 1.86. The van der Waals surface area contributed by atoms with Gasteiger partial charge in [-0.1, -0.05) is 30.3 Å². The summed E-state index contributed by atoms with van der Waals surface area (Å²) in [4.78, 5) is 13.0. The van der Waals surface area contributed by atoms with Crippen molar-refractivity contribution in [3.05, 3.63) is 59.2 Å². The molecule has 0 unspecified atom stereocenters. The number of carbonyl (C=O) groups excluding carboxylic acids is 1. The van der Waals surface area contributed by atoms with Crippen molar-refractivity contribution < 1.29 is 17.9 Å². The van der Waals surface area contributed by atoms with Crippen LogP contribution in [0.3, 0.4) is 0 Å². The molecule has 0 spiro atoms. The molecule has 4 rings (SSSR count). The van der Waals surface area contributed by atoms with E-state index in [4.69, 9.17) is 4.74 Å². The Morgan fingerprint density at radius 2 is 2.00 bits per heavy atom. The third-order valence-corrected chi connectivity index (χ3v) is 6.51. The van der Waals surface area contributed by atoms with E-state index in [0.29, 0.717) is 11.4 Å². The van der Waals surface area contributed by atoms with Crippen molar-refractivity contribution in [2.24, 2.45) is 0 Å². The van der Waals surface area contributed by atoms with Crippen LogP contribution in [0.5, 0.6) is 5.75 Å². The Kier molecular flexibility index (Phi) is 4.79. The Hall–Kier alpha value is -2.54. The number of benzene rings is 2. The summed E-state index contributed by atoms with van der Waals surface area (Å²) in [5.41, 5.74) is 3.79. The first-order valence-corrected chi connectivity index (χ1v) is 11.3. The molecule has 1 aliphatic carbocycles. The highest BCUT2D eigenvalue weighted by atomic mass is 32.2. The molecular weight excluding hydrogens is 376 g/mol. The highest BCUT2D eigenvalue weighted by Crippen LogP contribution is 2.36. The van der Waals surface area contributed by atoms with Gasteiger partial charge in [0, 0.05) is 0 Å². The first-order valence-electron chi connectivity index (χ1n) is 9.46. The lowest BCUT2D eigenvalue weighted by atomic mass is 9.87. The van der Waals surface area contributed by atoms with Gasteiger partial charge >= 0.3 is 0 Å². The Balaban J connectivity index is 1.58. The standard InChI is InChI=1S/C21H24N2O4S/c1-14-10-11-19-18(12-14)23(28(2,25)26)13-20(27-19)21(24)22-17-9-5-7-15-6-3-4-8-16(15)17/h3-4,6,8,10-12,17,20H,5,7,9,13H2,1-2H3,(H,22,24)/t17-,20-/m1/s1. The second kappa shape index (κ2) is 7.13. The maximum atomic E-state index is 13.0. The monoisotopic (exact) mass is 400 g/mol. The van der Waals surface area contributed by atoms with Gasteiger partial charge in [0.25, 0.3) is 5.91 Å². The number of nitrogens with zero attached hydrogens (tertiary/aromatic N) is 1. The van der Waals surface area contributed by atoms with Gasteiger partial charge in [0.05, 0.1) is 24.5 Å². The first kappa shape index (κ1) is 18.8. The molecule has 2 aliphatic rings. The molecule has 0 saturated heterocycles. The lowest BCUT2D eigenvalue weighted by Gasteiger charge is -2.35. The van der Waals surface area contributed by atoms with Crippen molar-refractivity contribution in [2.45, 2.75) is 38.3 Å². The minimum absolute atomic E-state index is 0.0323. The third-order valence-electron chi connectivity index (χ3n) is 5.36. The molecule has 6 nitrogen and oxygen atoms in total. The zero-order valence-electron chi connectivity index (χ0n) is 16.0. The van der Waals surface area contributed by atoms with E-state index in [1.807, 2.05) is 31.2 Å². The summed E-state index contributed by atoms with van der Waals surface area (Å²) in [6.07, 6.45) is 3.14. The number of amides is 1. The predicted molar refractivity (Wildman–Crippen MR) is 108 cm³/mol. The summed E-state index contributed by atoms with van der Waals surface area (Å²) in [6, 6.07) is 13.4. The number of rotatable bonds is 3. The number of nitrogens with one attached hydrogen (secondary N) is 1. The average molecular weight is 401 g/mol. The SMILES string of the molecule is Cc1ccc2c(c1)N(S(C)(=O)=O)C[C@H](C(=O)N[C@@H]1CCCc3ccccc31)O2. The van der Waals surface area contributed by atoms with Crippen molar-refractivity contribution in [1.82, 2.24) is 5.32 Å². The van der Waals surface area contributed by atoms with Crippen LogP contribution in [0.15, 0.2) is 42.5 Å². The molecule has 1 aliphatic heterocycles. The topological polar surface area (TPSA) is 75.7 Å². The molecule has 1 amide bonds. The average Bonchev–Trinajstić information content (AvgIpc) is 2.66. The van der Waals surface area contributed by atoms with Gasteiger partial charge in [-0.15, -0.1) is 0 Å². The van der Waals surface area contributed by atoms with Gasteiger partial charge in [0.1, 0.15) is 5.75 Å². The van der Waals surface area contributed by atoms with Crippen molar-refractivity contribution >= 4 is 21.6 Å². The van der Waals surface area contributed by atoms with Gasteiger partial charge < -0.3 is 10.1 Å². The molecule has 1 heterocycles. The van der Waals surface area contributed by atoms with E-state index in [0.717, 1.165) is 36.6 Å². The van der Waals surface area contributed by atoms with Crippen molar-refractivity contribution in [3.63, 3.8) is 0 Å². The predicted octanol–water partition coefficient (Wildman–Crippen LogP) is 2.72. The first-order chi connectivity index (χ1) is 13.3. The van der Waals surface area contributed by atoms with Gasteiger partial charge in [-0.3, -0.25) is 9.10 Å². The Bertz CT molecular complexity index is 1020. The van der Waals surface area contributed by atoms with Crippen LogP contribution >= 0.6 is 0 Å². The summed E-state index contributed by atoms with van der Waals surface area (Å²) in [5, 5.41) is 3.07. The van der Waals surface area contributed by atoms with Crippen molar-refractivity contribution in [2.75, 3.05) is 17.1 Å². The van der Waals surface area contributed by atoms with Crippen LogP contribution in [0.25, 0.3) is 0 Å². The van der Waals surface area contributed by atoms with Crippen LogP contribution in [-0.2, 0) is 21.2 Å². The summed E-state index contributed by atoms with van der Waals surface area (Å²) >= 11 is 0. The molecule has 0 fully saturated rings. The lowest BCUT2D eigenvalue weighted by molar-refractivity contribution is -0.128. The van der Waals surface area contributed by atoms with E-state index in [2.05, 4.69) is 11.4 Å². The molecule has 0 radical (unpaired) electrons. The molecule has 2 atom stereocenters. The van der Waals surface area contributed by atoms with Gasteiger partial charge in [0.15, 0.2) is 6.10 Å². The molecule has 7 heteroatoms. The van der Waals surface area contributed by atoms with Gasteiger partial charge in [-0.2, -0.15) is 0 Å². The fourth-order valence-electron chi connectivity index (χ4n) is 3.98. The van der Waals surface area contributed by atoms with Crippen LogP contribution in [-0.4, -0.2) is 33.2 Å². The zero-order chi connectivity index (χ0) is 19.9. The summed E-state index contributed by atoms with van der Waals surface area (Å²) in [7, 11) is -3.53. The fraction of sp³-hybridized carbons (Fsp3) is 0.381. The van der Waals surface area contributed by atoms with Crippen molar-refractivity contribution in [1.29, 1.82) is 0 Å². The van der Waals surface area contributed by atoms with E-state index in [1.165, 1.54) is 9.87 Å². The Morgan fingerprint density at radius 1 is 1.21 bits per heavy atom. The molecule has 1 N–H and O–H groups in total. The molecule has 0 saturated carbocycles. The fourth-order valence-corrected chi connectivity index (χ4v) is 4.89. The Morgan fingerprint density at radius 3 is 2.79 bits per heavy atom. The second-order valence-electron chi connectivity index (χ2n) is 7.52. The van der Waals surface area contributed by atoms with Crippen LogP contribution < -0.4 is 14.4 Å². The minimum atomic E-state index is -3.53. The molecule has 28 heavy (non-hydrogen) atoms. The van der Waals surface area contributed by atoms with Crippen molar-refractivity contribution in [3.8, 4) is 5.75 Å². The van der Waals surface area contributed by atoms with E-state index < -0.39 is 16.1 Å². The third kappa shape index (κ3) is 3.58. The Labute approximate surface area is 165 Å². The van der Waals surface area contributed by atoms with Gasteiger partial charge in [-0.25, -0.2) is 8.42 Å². The highest BCUT2D eigenvalue weighted by molar-refractivity contribution is 7.92. The van der Waals surface area contributed by atoms with Gasteiger partial charge in [-0.05, 0) is 55.0 Å². The maximum Gasteiger partial charge on any atom is 0.263 e. The van der Waals surface area contributed by atoms with E-state index in [9.17, 15) is 13.2 Å². The molecule has 2 aromatic carbocycles. The molecule has 0 aromatic heterocycles. The molecule has 2 aromatic rings. The quantitative estimate of drug-likeness (QED) is 0.860. The number of ether oxygens (including phenoxy) is 1. The molecular formula is C21H24N2O4S. The largest absolute Gasteiger partial charge is 0.476 e. The number of aryl methyl sites for hydroxylation is 2. The van der Waals surface area contributed by atoms with Crippen LogP contribution in [0.1, 0.15) is 35.6 Å². The second-order valence-corrected chi connectivity index (χ2v) is 9.43. The highest BCUT2D eigenvalue weighted by Gasteiger charge is 2.36. The maximum absolute atomic E-state index is 13.0. The number of hydrogen-bond acceptors (Lipinski definition) is 4. The summed E-state index contributed by atoms with van der Waals surface area (Å²) < 4.78 is 31.8. The zero-order valence-corrected chi connectivity index (χ0v) is 16.8. The number of carbonyl (C=O) groups is 1. The summed E-state index contributed by atoms with van der Waals surface area (Å²) in [5.74, 6) is 0.119. The van der Waals surface area contributed by atoms with E-state index >= 15 is 0 Å². The van der Waals surface area contributed by atoms with Crippen LogP contribution in [0.2, 0.25) is 0 Å².